The number of nitrogens with one attached hydrogen (secondary N) is 1. The summed E-state index contributed by atoms with van der Waals surface area (Å²) in [6.07, 6.45) is 0.627. The lowest BCUT2D eigenvalue weighted by molar-refractivity contribution is 0.199. The fraction of sp³-hybridized carbons (Fsp3) is 0.294. The van der Waals surface area contributed by atoms with Gasteiger partial charge in [0.1, 0.15) is 0 Å². The van der Waals surface area contributed by atoms with Crippen LogP contribution in [0.15, 0.2) is 36.4 Å². The first kappa shape index (κ1) is 16.5. The highest BCUT2D eigenvalue weighted by Crippen LogP contribution is 2.31. The quantitative estimate of drug-likeness (QED) is 0.907. The fourth-order valence-electron chi connectivity index (χ4n) is 2.44. The van der Waals surface area contributed by atoms with Gasteiger partial charge < -0.3 is 5.11 Å². The van der Waals surface area contributed by atoms with Gasteiger partial charge in [-0.1, -0.05) is 24.3 Å². The van der Waals surface area contributed by atoms with Gasteiger partial charge >= 0.3 is 0 Å². The van der Waals surface area contributed by atoms with Crippen LogP contribution in [0, 0.1) is 13.8 Å². The molecule has 0 aliphatic heterocycles. The summed E-state index contributed by atoms with van der Waals surface area (Å²) in [5, 5.41) is 9.66. The van der Waals surface area contributed by atoms with E-state index in [-0.39, 0.29) is 0 Å². The summed E-state index contributed by atoms with van der Waals surface area (Å²) < 4.78 is 25.3. The Labute approximate surface area is 131 Å². The molecule has 1 atom stereocenters. The van der Waals surface area contributed by atoms with E-state index in [0.717, 1.165) is 34.1 Å². The second-order valence-electron chi connectivity index (χ2n) is 5.65. The predicted octanol–water partition coefficient (Wildman–Crippen LogP) is 3.40. The van der Waals surface area contributed by atoms with E-state index >= 15 is 0 Å². The van der Waals surface area contributed by atoms with Crippen molar-refractivity contribution < 1.29 is 13.5 Å². The molecule has 2 N–H and O–H groups in total. The van der Waals surface area contributed by atoms with Crippen LogP contribution in [0.5, 0.6) is 0 Å². The summed E-state index contributed by atoms with van der Waals surface area (Å²) in [5.41, 5.74) is 5.51. The molecule has 0 saturated carbocycles. The van der Waals surface area contributed by atoms with Crippen molar-refractivity contribution in [3.63, 3.8) is 0 Å². The van der Waals surface area contributed by atoms with Crippen LogP contribution >= 0.6 is 0 Å². The first-order chi connectivity index (χ1) is 10.2. The predicted molar refractivity (Wildman–Crippen MR) is 90.5 cm³/mol. The maximum Gasteiger partial charge on any atom is 0.229 e. The molecule has 4 nitrogen and oxygen atoms in total. The van der Waals surface area contributed by atoms with Crippen molar-refractivity contribution in [3.05, 3.63) is 53.1 Å². The van der Waals surface area contributed by atoms with Gasteiger partial charge in [-0.25, -0.2) is 8.42 Å². The number of hydrogen-bond donors (Lipinski definition) is 2. The van der Waals surface area contributed by atoms with E-state index in [9.17, 15) is 13.5 Å². The number of hydrogen-bond acceptors (Lipinski definition) is 3. The molecule has 0 unspecified atom stereocenters. The molecule has 0 spiro atoms. The Bertz CT molecular complexity index is 796. The third-order valence-electron chi connectivity index (χ3n) is 3.56. The standard InChI is InChI=1S/C17H21NO3S/c1-11-5-7-15(18-22(4,20)21)10-17(11)16-8-6-14(13(3)19)9-12(16)2/h5-10,13,18-19H,1-4H3/t13-/m1/s1. The van der Waals surface area contributed by atoms with E-state index < -0.39 is 16.1 Å². The van der Waals surface area contributed by atoms with E-state index in [1.54, 1.807) is 13.0 Å². The zero-order valence-electron chi connectivity index (χ0n) is 13.2. The van der Waals surface area contributed by atoms with Crippen molar-refractivity contribution >= 4 is 15.7 Å². The molecule has 0 bridgehead atoms. The van der Waals surface area contributed by atoms with E-state index in [1.165, 1.54) is 0 Å². The molecule has 118 valence electrons. The highest BCUT2D eigenvalue weighted by Gasteiger charge is 2.10. The lowest BCUT2D eigenvalue weighted by Crippen LogP contribution is -2.09. The molecule has 0 radical (unpaired) electrons. The number of aryl methyl sites for hydroxylation is 2. The summed E-state index contributed by atoms with van der Waals surface area (Å²) >= 11 is 0. The second-order valence-corrected chi connectivity index (χ2v) is 7.40. The lowest BCUT2D eigenvalue weighted by Gasteiger charge is -2.14. The minimum atomic E-state index is -3.30. The van der Waals surface area contributed by atoms with Crippen molar-refractivity contribution in [2.45, 2.75) is 26.9 Å². The van der Waals surface area contributed by atoms with Crippen LogP contribution in [-0.4, -0.2) is 19.8 Å². The Morgan fingerprint density at radius 3 is 2.23 bits per heavy atom. The van der Waals surface area contributed by atoms with Crippen LogP contribution in [0.25, 0.3) is 11.1 Å². The molecular formula is C17H21NO3S. The van der Waals surface area contributed by atoms with Crippen molar-refractivity contribution in [2.24, 2.45) is 0 Å². The topological polar surface area (TPSA) is 66.4 Å². The largest absolute Gasteiger partial charge is 0.389 e. The molecule has 0 aliphatic carbocycles. The first-order valence-corrected chi connectivity index (χ1v) is 8.94. The molecule has 0 heterocycles. The van der Waals surface area contributed by atoms with Crippen LogP contribution in [0.1, 0.15) is 29.7 Å². The van der Waals surface area contributed by atoms with E-state index in [1.807, 2.05) is 44.2 Å². The van der Waals surface area contributed by atoms with Crippen molar-refractivity contribution in [1.29, 1.82) is 0 Å². The van der Waals surface area contributed by atoms with Gasteiger partial charge in [0.2, 0.25) is 10.0 Å². The highest BCUT2D eigenvalue weighted by molar-refractivity contribution is 7.92. The van der Waals surface area contributed by atoms with Crippen molar-refractivity contribution in [3.8, 4) is 11.1 Å². The van der Waals surface area contributed by atoms with E-state index in [0.29, 0.717) is 5.69 Å². The minimum absolute atomic E-state index is 0.507. The minimum Gasteiger partial charge on any atom is -0.389 e. The van der Waals surface area contributed by atoms with Crippen LogP contribution < -0.4 is 4.72 Å². The zero-order valence-corrected chi connectivity index (χ0v) is 14.0. The highest BCUT2D eigenvalue weighted by atomic mass is 32.2. The van der Waals surface area contributed by atoms with Gasteiger partial charge in [-0.15, -0.1) is 0 Å². The van der Waals surface area contributed by atoms with Crippen molar-refractivity contribution in [2.75, 3.05) is 11.0 Å². The summed E-state index contributed by atoms with van der Waals surface area (Å²) in [7, 11) is -3.30. The molecule has 2 aromatic rings. The normalized spacial score (nSPS) is 13.0. The van der Waals surface area contributed by atoms with Crippen LogP contribution in [-0.2, 0) is 10.0 Å². The van der Waals surface area contributed by atoms with E-state index in [4.69, 9.17) is 0 Å². The Hall–Kier alpha value is -1.85. The third kappa shape index (κ3) is 3.87. The van der Waals surface area contributed by atoms with Gasteiger partial charge in [0, 0.05) is 5.69 Å². The average molecular weight is 319 g/mol. The maximum atomic E-state index is 11.4. The smallest absolute Gasteiger partial charge is 0.229 e. The Balaban J connectivity index is 2.50. The molecular weight excluding hydrogens is 298 g/mol. The molecule has 22 heavy (non-hydrogen) atoms. The van der Waals surface area contributed by atoms with Crippen LogP contribution in [0.4, 0.5) is 5.69 Å². The molecule has 0 saturated heterocycles. The van der Waals surface area contributed by atoms with Gasteiger partial charge in [-0.3, -0.25) is 4.72 Å². The first-order valence-electron chi connectivity index (χ1n) is 7.05. The summed E-state index contributed by atoms with van der Waals surface area (Å²) in [4.78, 5) is 0. The lowest BCUT2D eigenvalue weighted by atomic mass is 9.94. The molecule has 0 aliphatic rings. The number of aliphatic hydroxyl groups excluding tert-OH is 1. The number of benzene rings is 2. The van der Waals surface area contributed by atoms with Gasteiger partial charge in [-0.05, 0) is 60.7 Å². The molecule has 0 aromatic heterocycles. The summed E-state index contributed by atoms with van der Waals surface area (Å²) in [6, 6.07) is 11.3. The second kappa shape index (κ2) is 6.10. The average Bonchev–Trinajstić information content (AvgIpc) is 2.39. The SMILES string of the molecule is Cc1cc([C@@H](C)O)ccc1-c1cc(NS(C)(=O)=O)ccc1C. The Morgan fingerprint density at radius 2 is 1.68 bits per heavy atom. The number of anilines is 1. The molecule has 0 amide bonds. The Morgan fingerprint density at radius 1 is 1.00 bits per heavy atom. The molecule has 2 rings (SSSR count). The number of sulfonamides is 1. The van der Waals surface area contributed by atoms with E-state index in [2.05, 4.69) is 4.72 Å². The number of aliphatic hydroxyl groups is 1. The van der Waals surface area contributed by atoms with Gasteiger partial charge in [0.25, 0.3) is 0 Å². The number of rotatable bonds is 4. The fourth-order valence-corrected chi connectivity index (χ4v) is 2.99. The van der Waals surface area contributed by atoms with Crippen LogP contribution in [0.2, 0.25) is 0 Å². The zero-order chi connectivity index (χ0) is 16.5. The van der Waals surface area contributed by atoms with Gasteiger partial charge in [0.05, 0.1) is 12.4 Å². The monoisotopic (exact) mass is 319 g/mol. The summed E-state index contributed by atoms with van der Waals surface area (Å²) in [6.45, 7) is 5.70. The molecule has 2 aromatic carbocycles. The third-order valence-corrected chi connectivity index (χ3v) is 4.17. The molecule has 0 fully saturated rings. The van der Waals surface area contributed by atoms with Crippen LogP contribution in [0.3, 0.4) is 0 Å². The van der Waals surface area contributed by atoms with Crippen molar-refractivity contribution in [1.82, 2.24) is 0 Å². The molecule has 5 heteroatoms. The van der Waals surface area contributed by atoms with Gasteiger partial charge in [0.15, 0.2) is 0 Å². The maximum absolute atomic E-state index is 11.4. The summed E-state index contributed by atoms with van der Waals surface area (Å²) in [5.74, 6) is 0. The Kier molecular flexibility index (Phi) is 4.58. The van der Waals surface area contributed by atoms with Gasteiger partial charge in [-0.2, -0.15) is 0 Å².